The van der Waals surface area contributed by atoms with Crippen molar-refractivity contribution in [2.45, 2.75) is 19.3 Å². The van der Waals surface area contributed by atoms with E-state index in [0.29, 0.717) is 23.6 Å². The van der Waals surface area contributed by atoms with Crippen LogP contribution in [0.5, 0.6) is 11.5 Å². The first-order valence-electron chi connectivity index (χ1n) is 7.86. The van der Waals surface area contributed by atoms with Gasteiger partial charge < -0.3 is 19.3 Å². The first kappa shape index (κ1) is 16.6. The number of benzene rings is 1. The molecule has 0 aromatic heterocycles. The highest BCUT2D eigenvalue weighted by atomic mass is 16.5. The molecule has 1 amide bonds. The summed E-state index contributed by atoms with van der Waals surface area (Å²) in [5.74, 6) is 1.04. The van der Waals surface area contributed by atoms with Gasteiger partial charge in [0.05, 0.1) is 14.2 Å². The summed E-state index contributed by atoms with van der Waals surface area (Å²) in [5, 5.41) is 0. The number of carbonyl (C=O) groups is 1. The largest absolute Gasteiger partial charge is 0.496 e. The van der Waals surface area contributed by atoms with Gasteiger partial charge in [0.15, 0.2) is 0 Å². The number of hydrogen-bond acceptors (Lipinski definition) is 4. The van der Waals surface area contributed by atoms with E-state index >= 15 is 0 Å². The number of nitrogens with zero attached hydrogens (tertiary/aromatic N) is 2. The highest BCUT2D eigenvalue weighted by Gasteiger charge is 2.22. The minimum atomic E-state index is -0.0636. The Morgan fingerprint density at radius 2 is 1.73 bits per heavy atom. The lowest BCUT2D eigenvalue weighted by atomic mass is 10.1. The SMILES string of the molecule is COc1cccc(OC)c1C(=O)N(C)CCN1CCCCC1. The fourth-order valence-electron chi connectivity index (χ4n) is 2.83. The third kappa shape index (κ3) is 3.91. The van der Waals surface area contributed by atoms with Gasteiger partial charge in [-0.1, -0.05) is 12.5 Å². The van der Waals surface area contributed by atoms with Gasteiger partial charge in [0.1, 0.15) is 17.1 Å². The number of amides is 1. The maximum Gasteiger partial charge on any atom is 0.261 e. The molecule has 0 spiro atoms. The monoisotopic (exact) mass is 306 g/mol. The lowest BCUT2D eigenvalue weighted by Gasteiger charge is -2.28. The van der Waals surface area contributed by atoms with Crippen molar-refractivity contribution < 1.29 is 14.3 Å². The van der Waals surface area contributed by atoms with E-state index in [1.54, 1.807) is 31.3 Å². The van der Waals surface area contributed by atoms with E-state index in [0.717, 1.165) is 19.6 Å². The Labute approximate surface area is 132 Å². The van der Waals surface area contributed by atoms with Gasteiger partial charge in [-0.15, -0.1) is 0 Å². The average molecular weight is 306 g/mol. The first-order valence-corrected chi connectivity index (χ1v) is 7.86. The molecule has 0 unspecified atom stereocenters. The van der Waals surface area contributed by atoms with Crippen LogP contribution in [0.4, 0.5) is 0 Å². The van der Waals surface area contributed by atoms with Crippen LogP contribution in [0, 0.1) is 0 Å². The van der Waals surface area contributed by atoms with Gasteiger partial charge in [0.2, 0.25) is 0 Å². The van der Waals surface area contributed by atoms with E-state index < -0.39 is 0 Å². The molecule has 5 nitrogen and oxygen atoms in total. The van der Waals surface area contributed by atoms with Crippen molar-refractivity contribution in [2.75, 3.05) is 47.4 Å². The molecule has 0 saturated carbocycles. The Morgan fingerprint density at radius 3 is 2.27 bits per heavy atom. The summed E-state index contributed by atoms with van der Waals surface area (Å²) in [6, 6.07) is 5.39. The van der Waals surface area contributed by atoms with Gasteiger partial charge in [-0.2, -0.15) is 0 Å². The van der Waals surface area contributed by atoms with Crippen LogP contribution in [0.25, 0.3) is 0 Å². The summed E-state index contributed by atoms with van der Waals surface area (Å²) in [6.45, 7) is 3.90. The Bertz CT molecular complexity index is 476. The van der Waals surface area contributed by atoms with E-state index in [-0.39, 0.29) is 5.91 Å². The summed E-state index contributed by atoms with van der Waals surface area (Å²) >= 11 is 0. The molecule has 1 aliphatic heterocycles. The molecule has 1 fully saturated rings. The highest BCUT2D eigenvalue weighted by molar-refractivity contribution is 5.99. The second-order valence-electron chi connectivity index (χ2n) is 5.67. The third-order valence-corrected chi connectivity index (χ3v) is 4.19. The first-order chi connectivity index (χ1) is 10.7. The zero-order valence-corrected chi connectivity index (χ0v) is 13.8. The second kappa shape index (κ2) is 8.03. The molecule has 0 atom stereocenters. The van der Waals surface area contributed by atoms with Gasteiger partial charge in [-0.05, 0) is 38.1 Å². The van der Waals surface area contributed by atoms with Gasteiger partial charge in [-0.3, -0.25) is 4.79 Å². The Morgan fingerprint density at radius 1 is 1.14 bits per heavy atom. The minimum Gasteiger partial charge on any atom is -0.496 e. The maximum atomic E-state index is 12.7. The van der Waals surface area contributed by atoms with E-state index in [2.05, 4.69) is 4.90 Å². The van der Waals surface area contributed by atoms with Crippen molar-refractivity contribution >= 4 is 5.91 Å². The zero-order chi connectivity index (χ0) is 15.9. The molecule has 2 rings (SSSR count). The molecular weight excluding hydrogens is 280 g/mol. The maximum absolute atomic E-state index is 12.7. The molecule has 22 heavy (non-hydrogen) atoms. The number of carbonyl (C=O) groups excluding carboxylic acids is 1. The van der Waals surface area contributed by atoms with Crippen molar-refractivity contribution in [3.05, 3.63) is 23.8 Å². The van der Waals surface area contributed by atoms with Crippen LogP contribution in [-0.2, 0) is 0 Å². The molecule has 5 heteroatoms. The number of piperidine rings is 1. The molecule has 1 aromatic rings. The van der Waals surface area contributed by atoms with Crippen LogP contribution in [0.3, 0.4) is 0 Å². The number of hydrogen-bond donors (Lipinski definition) is 0. The van der Waals surface area contributed by atoms with Crippen molar-refractivity contribution in [2.24, 2.45) is 0 Å². The van der Waals surface area contributed by atoms with E-state index in [1.165, 1.54) is 19.3 Å². The molecule has 1 aromatic carbocycles. The topological polar surface area (TPSA) is 42.0 Å². The van der Waals surface area contributed by atoms with Crippen LogP contribution in [0.1, 0.15) is 29.6 Å². The van der Waals surface area contributed by atoms with E-state index in [4.69, 9.17) is 9.47 Å². The lowest BCUT2D eigenvalue weighted by Crippen LogP contribution is -2.38. The van der Waals surface area contributed by atoms with Crippen molar-refractivity contribution in [1.82, 2.24) is 9.80 Å². The highest BCUT2D eigenvalue weighted by Crippen LogP contribution is 2.29. The fraction of sp³-hybridized carbons (Fsp3) is 0.588. The second-order valence-corrected chi connectivity index (χ2v) is 5.67. The molecule has 0 bridgehead atoms. The number of ether oxygens (including phenoxy) is 2. The normalized spacial score (nSPS) is 15.4. The molecule has 0 aliphatic carbocycles. The number of rotatable bonds is 6. The molecule has 122 valence electrons. The standard InChI is InChI=1S/C17H26N2O3/c1-18(12-13-19-10-5-4-6-11-19)17(20)16-14(21-2)8-7-9-15(16)22-3/h7-9H,4-6,10-13H2,1-3H3. The van der Waals surface area contributed by atoms with E-state index in [9.17, 15) is 4.79 Å². The van der Waals surface area contributed by atoms with Gasteiger partial charge >= 0.3 is 0 Å². The fourth-order valence-corrected chi connectivity index (χ4v) is 2.83. The Balaban J connectivity index is 2.03. The van der Waals surface area contributed by atoms with Gasteiger partial charge in [-0.25, -0.2) is 0 Å². The van der Waals surface area contributed by atoms with Crippen LogP contribution >= 0.6 is 0 Å². The van der Waals surface area contributed by atoms with Crippen LogP contribution < -0.4 is 9.47 Å². The van der Waals surface area contributed by atoms with Crippen molar-refractivity contribution in [1.29, 1.82) is 0 Å². The molecule has 1 aliphatic rings. The van der Waals surface area contributed by atoms with Crippen LogP contribution in [0.2, 0.25) is 0 Å². The number of likely N-dealkylation sites (N-methyl/N-ethyl adjacent to an activating group) is 1. The quantitative estimate of drug-likeness (QED) is 0.808. The van der Waals surface area contributed by atoms with Crippen LogP contribution in [-0.4, -0.2) is 63.2 Å². The lowest BCUT2D eigenvalue weighted by molar-refractivity contribution is 0.0766. The Kier molecular flexibility index (Phi) is 6.07. The predicted molar refractivity (Wildman–Crippen MR) is 86.8 cm³/mol. The summed E-state index contributed by atoms with van der Waals surface area (Å²) < 4.78 is 10.6. The molecular formula is C17H26N2O3. The molecule has 0 N–H and O–H groups in total. The smallest absolute Gasteiger partial charge is 0.261 e. The summed E-state index contributed by atoms with van der Waals surface area (Å²) in [4.78, 5) is 16.9. The van der Waals surface area contributed by atoms with Gasteiger partial charge in [0.25, 0.3) is 5.91 Å². The summed E-state index contributed by atoms with van der Waals surface area (Å²) in [5.41, 5.74) is 0.494. The van der Waals surface area contributed by atoms with Gasteiger partial charge in [0, 0.05) is 20.1 Å². The zero-order valence-electron chi connectivity index (χ0n) is 13.8. The van der Waals surface area contributed by atoms with E-state index in [1.807, 2.05) is 13.1 Å². The molecule has 0 radical (unpaired) electrons. The minimum absolute atomic E-state index is 0.0636. The molecule has 1 saturated heterocycles. The predicted octanol–water partition coefficient (Wildman–Crippen LogP) is 2.26. The Hall–Kier alpha value is -1.75. The molecule has 1 heterocycles. The number of likely N-dealkylation sites (tertiary alicyclic amines) is 1. The van der Waals surface area contributed by atoms with Crippen LogP contribution in [0.15, 0.2) is 18.2 Å². The average Bonchev–Trinajstić information content (AvgIpc) is 2.59. The third-order valence-electron chi connectivity index (χ3n) is 4.19. The van der Waals surface area contributed by atoms with Crippen molar-refractivity contribution in [3.63, 3.8) is 0 Å². The van der Waals surface area contributed by atoms with Crippen molar-refractivity contribution in [3.8, 4) is 11.5 Å². The summed E-state index contributed by atoms with van der Waals surface area (Å²) in [7, 11) is 4.97. The number of methoxy groups -OCH3 is 2. The summed E-state index contributed by atoms with van der Waals surface area (Å²) in [6.07, 6.45) is 3.85.